The van der Waals surface area contributed by atoms with Crippen LogP contribution in [-0.4, -0.2) is 57.1 Å². The smallest absolute Gasteiger partial charge is 0.0587 e. The standard InChI is InChI=1S/C15H24N2OS/c1-17(9-7-16-8-10-18-2)12-14-11-13-5-3-4-6-15(13)19-14/h3-6,14,16H,7-12H2,1-2H3. The quantitative estimate of drug-likeness (QED) is 0.735. The molecule has 0 amide bonds. The van der Waals surface area contributed by atoms with Crippen molar-refractivity contribution in [2.75, 3.05) is 46.9 Å². The first kappa shape index (κ1) is 14.9. The molecule has 106 valence electrons. The first-order chi connectivity index (χ1) is 9.29. The molecule has 0 radical (unpaired) electrons. The molecule has 4 heteroatoms. The molecule has 19 heavy (non-hydrogen) atoms. The fourth-order valence-electron chi connectivity index (χ4n) is 2.36. The lowest BCUT2D eigenvalue weighted by atomic mass is 10.1. The van der Waals surface area contributed by atoms with E-state index in [9.17, 15) is 0 Å². The number of likely N-dealkylation sites (N-methyl/N-ethyl adjacent to an activating group) is 1. The van der Waals surface area contributed by atoms with Crippen molar-refractivity contribution in [3.63, 3.8) is 0 Å². The SMILES string of the molecule is COCCNCCN(C)CC1Cc2ccccc2S1. The van der Waals surface area contributed by atoms with Crippen LogP contribution in [0, 0.1) is 0 Å². The largest absolute Gasteiger partial charge is 0.383 e. The zero-order chi connectivity index (χ0) is 13.5. The topological polar surface area (TPSA) is 24.5 Å². The van der Waals surface area contributed by atoms with Gasteiger partial charge in [0.25, 0.3) is 0 Å². The van der Waals surface area contributed by atoms with E-state index in [-0.39, 0.29) is 0 Å². The normalized spacial score (nSPS) is 17.9. The summed E-state index contributed by atoms with van der Waals surface area (Å²) in [6.07, 6.45) is 1.21. The Kier molecular flexibility index (Phi) is 6.17. The van der Waals surface area contributed by atoms with Gasteiger partial charge in [-0.2, -0.15) is 0 Å². The lowest BCUT2D eigenvalue weighted by Gasteiger charge is -2.20. The van der Waals surface area contributed by atoms with Gasteiger partial charge < -0.3 is 15.0 Å². The molecule has 1 aromatic carbocycles. The molecule has 1 unspecified atom stereocenters. The predicted octanol–water partition coefficient (Wildman–Crippen LogP) is 1.87. The number of ether oxygens (including phenoxy) is 1. The Labute approximate surface area is 120 Å². The second-order valence-electron chi connectivity index (χ2n) is 5.06. The number of thioether (sulfide) groups is 1. The van der Waals surface area contributed by atoms with E-state index < -0.39 is 0 Å². The Bertz CT molecular complexity index is 361. The van der Waals surface area contributed by atoms with Crippen LogP contribution in [0.3, 0.4) is 0 Å². The van der Waals surface area contributed by atoms with E-state index in [1.807, 2.05) is 11.8 Å². The summed E-state index contributed by atoms with van der Waals surface area (Å²) in [4.78, 5) is 3.89. The summed E-state index contributed by atoms with van der Waals surface area (Å²) in [6, 6.07) is 8.78. The van der Waals surface area contributed by atoms with Crippen molar-refractivity contribution >= 4 is 11.8 Å². The minimum absolute atomic E-state index is 0.710. The van der Waals surface area contributed by atoms with Crippen molar-refractivity contribution in [2.24, 2.45) is 0 Å². The van der Waals surface area contributed by atoms with Crippen LogP contribution in [0.5, 0.6) is 0 Å². The summed E-state index contributed by atoms with van der Waals surface area (Å²) in [6.45, 7) is 5.01. The van der Waals surface area contributed by atoms with Gasteiger partial charge in [-0.1, -0.05) is 18.2 Å². The zero-order valence-corrected chi connectivity index (χ0v) is 12.7. The fourth-order valence-corrected chi connectivity index (χ4v) is 3.77. The van der Waals surface area contributed by atoms with Crippen LogP contribution in [0.25, 0.3) is 0 Å². The number of methoxy groups -OCH3 is 1. The molecule has 1 N–H and O–H groups in total. The molecule has 0 spiro atoms. The number of nitrogens with one attached hydrogen (secondary N) is 1. The molecule has 1 heterocycles. The molecular weight excluding hydrogens is 256 g/mol. The second kappa shape index (κ2) is 7.90. The Balaban J connectivity index is 1.63. The molecule has 1 aromatic rings. The minimum atomic E-state index is 0.710. The highest BCUT2D eigenvalue weighted by atomic mass is 32.2. The number of benzene rings is 1. The van der Waals surface area contributed by atoms with Crippen LogP contribution in [0.1, 0.15) is 5.56 Å². The minimum Gasteiger partial charge on any atom is -0.383 e. The third-order valence-electron chi connectivity index (χ3n) is 3.38. The molecule has 0 saturated heterocycles. The van der Waals surface area contributed by atoms with Gasteiger partial charge in [0, 0.05) is 43.4 Å². The fraction of sp³-hybridized carbons (Fsp3) is 0.600. The molecular formula is C15H24N2OS. The maximum Gasteiger partial charge on any atom is 0.0587 e. The van der Waals surface area contributed by atoms with Gasteiger partial charge in [-0.25, -0.2) is 0 Å². The van der Waals surface area contributed by atoms with Crippen molar-refractivity contribution in [1.29, 1.82) is 0 Å². The van der Waals surface area contributed by atoms with Gasteiger partial charge in [-0.15, -0.1) is 11.8 Å². The number of hydrogen-bond acceptors (Lipinski definition) is 4. The van der Waals surface area contributed by atoms with Gasteiger partial charge in [0.1, 0.15) is 0 Å². The molecule has 0 aromatic heterocycles. The van der Waals surface area contributed by atoms with E-state index in [4.69, 9.17) is 4.74 Å². The van der Waals surface area contributed by atoms with Crippen molar-refractivity contribution in [1.82, 2.24) is 10.2 Å². The van der Waals surface area contributed by atoms with Gasteiger partial charge in [0.15, 0.2) is 0 Å². The van der Waals surface area contributed by atoms with E-state index >= 15 is 0 Å². The maximum atomic E-state index is 5.01. The van der Waals surface area contributed by atoms with E-state index in [0.29, 0.717) is 5.25 Å². The van der Waals surface area contributed by atoms with Gasteiger partial charge in [0.05, 0.1) is 6.61 Å². The lowest BCUT2D eigenvalue weighted by Crippen LogP contribution is -2.34. The first-order valence-corrected chi connectivity index (χ1v) is 7.80. The average Bonchev–Trinajstić information content (AvgIpc) is 2.80. The third kappa shape index (κ3) is 4.80. The monoisotopic (exact) mass is 280 g/mol. The molecule has 1 aliphatic rings. The highest BCUT2D eigenvalue weighted by Crippen LogP contribution is 2.36. The number of nitrogens with zero attached hydrogens (tertiary/aromatic N) is 1. The lowest BCUT2D eigenvalue weighted by molar-refractivity contribution is 0.198. The van der Waals surface area contributed by atoms with Crippen molar-refractivity contribution in [2.45, 2.75) is 16.6 Å². The summed E-state index contributed by atoms with van der Waals surface area (Å²) < 4.78 is 5.01. The zero-order valence-electron chi connectivity index (χ0n) is 11.9. The molecule has 0 fully saturated rings. The van der Waals surface area contributed by atoms with Crippen LogP contribution in [-0.2, 0) is 11.2 Å². The molecule has 0 bridgehead atoms. The molecule has 3 nitrogen and oxygen atoms in total. The first-order valence-electron chi connectivity index (χ1n) is 6.92. The van der Waals surface area contributed by atoms with E-state index in [1.165, 1.54) is 16.9 Å². The summed E-state index contributed by atoms with van der Waals surface area (Å²) in [5.41, 5.74) is 1.52. The van der Waals surface area contributed by atoms with Gasteiger partial charge in [-0.3, -0.25) is 0 Å². The van der Waals surface area contributed by atoms with Crippen molar-refractivity contribution in [3.05, 3.63) is 29.8 Å². The summed E-state index contributed by atoms with van der Waals surface area (Å²) in [7, 11) is 3.95. The number of rotatable bonds is 8. The Morgan fingerprint density at radius 1 is 1.37 bits per heavy atom. The molecule has 0 aliphatic carbocycles. The summed E-state index contributed by atoms with van der Waals surface area (Å²) >= 11 is 2.03. The van der Waals surface area contributed by atoms with Crippen LogP contribution in [0.15, 0.2) is 29.2 Å². The molecule has 1 atom stereocenters. The predicted molar refractivity (Wildman–Crippen MR) is 82.0 cm³/mol. The van der Waals surface area contributed by atoms with Crippen molar-refractivity contribution < 1.29 is 4.74 Å². The van der Waals surface area contributed by atoms with Crippen molar-refractivity contribution in [3.8, 4) is 0 Å². The van der Waals surface area contributed by atoms with Crippen LogP contribution < -0.4 is 5.32 Å². The highest BCUT2D eigenvalue weighted by molar-refractivity contribution is 8.00. The van der Waals surface area contributed by atoms with Crippen LogP contribution in [0.2, 0.25) is 0 Å². The van der Waals surface area contributed by atoms with Crippen LogP contribution in [0.4, 0.5) is 0 Å². The summed E-state index contributed by atoms with van der Waals surface area (Å²) in [5, 5.41) is 4.10. The molecule has 1 aliphatic heterocycles. The Morgan fingerprint density at radius 3 is 3.00 bits per heavy atom. The summed E-state index contributed by atoms with van der Waals surface area (Å²) in [5.74, 6) is 0. The molecule has 2 rings (SSSR count). The van der Waals surface area contributed by atoms with E-state index in [0.717, 1.165) is 32.8 Å². The van der Waals surface area contributed by atoms with Gasteiger partial charge in [0.2, 0.25) is 0 Å². The Morgan fingerprint density at radius 2 is 2.21 bits per heavy atom. The van der Waals surface area contributed by atoms with Crippen LogP contribution >= 0.6 is 11.8 Å². The number of hydrogen-bond donors (Lipinski definition) is 1. The molecule has 0 saturated carbocycles. The second-order valence-corrected chi connectivity index (χ2v) is 6.40. The maximum absolute atomic E-state index is 5.01. The number of fused-ring (bicyclic) bond motifs is 1. The van der Waals surface area contributed by atoms with E-state index in [1.54, 1.807) is 7.11 Å². The Hall–Kier alpha value is -0.550. The third-order valence-corrected chi connectivity index (χ3v) is 4.68. The highest BCUT2D eigenvalue weighted by Gasteiger charge is 2.22. The average molecular weight is 280 g/mol. The van der Waals surface area contributed by atoms with E-state index in [2.05, 4.69) is 41.5 Å². The van der Waals surface area contributed by atoms with Gasteiger partial charge >= 0.3 is 0 Å². The van der Waals surface area contributed by atoms with Gasteiger partial charge in [-0.05, 0) is 25.1 Å².